The molecule has 0 aromatic rings. The monoisotopic (exact) mass is 1140 g/mol. The molecule has 0 saturated heterocycles. The lowest BCUT2D eigenvalue weighted by atomic mass is 10.0. The van der Waals surface area contributed by atoms with Crippen molar-refractivity contribution < 1.29 is 28.6 Å². The fraction of sp³-hybridized carbons (Fsp3) is 0.853. The minimum Gasteiger partial charge on any atom is -0.462 e. The highest BCUT2D eigenvalue weighted by atomic mass is 16.6. The van der Waals surface area contributed by atoms with Gasteiger partial charge in [0, 0.05) is 19.3 Å². The van der Waals surface area contributed by atoms with Crippen LogP contribution in [0.5, 0.6) is 0 Å². The standard InChI is InChI=1S/C75H138O6/c1-4-7-10-13-16-19-22-25-27-29-31-32-33-34-35-36-37-38-39-40-41-42-44-45-47-50-53-56-59-62-65-68-74(77)80-71-72(70-79-73(76)67-64-61-58-55-52-49-24-21-18-15-12-9-6-3)81-75(78)69-66-63-60-57-54-51-48-46-43-30-28-26-23-20-17-14-11-8-5-2/h8,11,17,20,26,28,43,46,72H,4-7,9-10,12-16,18-19,21-25,27,29-42,44-45,47-71H2,1-3H3/b11-8-,20-17-,28-26-,46-43-. The normalized spacial score (nSPS) is 12.3. The molecular weight excluding hydrogens is 997 g/mol. The Morgan fingerprint density at radius 3 is 0.753 bits per heavy atom. The zero-order chi connectivity index (χ0) is 58.5. The lowest BCUT2D eigenvalue weighted by Gasteiger charge is -2.18. The number of carbonyl (C=O) groups is 3. The number of allylic oxidation sites excluding steroid dienone is 8. The number of hydrogen-bond donors (Lipinski definition) is 0. The van der Waals surface area contributed by atoms with E-state index in [1.165, 1.54) is 257 Å². The van der Waals surface area contributed by atoms with E-state index in [4.69, 9.17) is 14.2 Å². The van der Waals surface area contributed by atoms with Crippen LogP contribution in [0.2, 0.25) is 0 Å². The molecule has 0 aliphatic carbocycles. The minimum absolute atomic E-state index is 0.0739. The molecule has 0 fully saturated rings. The molecule has 0 aromatic heterocycles. The quantitative estimate of drug-likeness (QED) is 0.0261. The van der Waals surface area contributed by atoms with Crippen molar-refractivity contribution in [2.24, 2.45) is 0 Å². The van der Waals surface area contributed by atoms with Crippen LogP contribution in [-0.2, 0) is 28.6 Å². The van der Waals surface area contributed by atoms with E-state index < -0.39 is 6.10 Å². The molecule has 0 bridgehead atoms. The van der Waals surface area contributed by atoms with E-state index in [0.717, 1.165) is 96.3 Å². The minimum atomic E-state index is -0.779. The first-order valence-electron chi connectivity index (χ1n) is 36.1. The Bertz CT molecular complexity index is 1400. The summed E-state index contributed by atoms with van der Waals surface area (Å²) >= 11 is 0. The highest BCUT2D eigenvalue weighted by Gasteiger charge is 2.19. The van der Waals surface area contributed by atoms with Gasteiger partial charge >= 0.3 is 17.9 Å². The van der Waals surface area contributed by atoms with E-state index in [2.05, 4.69) is 69.4 Å². The van der Waals surface area contributed by atoms with Crippen LogP contribution in [-0.4, -0.2) is 37.2 Å². The van der Waals surface area contributed by atoms with Crippen molar-refractivity contribution in [1.29, 1.82) is 0 Å². The molecule has 0 spiro atoms. The van der Waals surface area contributed by atoms with Gasteiger partial charge in [0.1, 0.15) is 13.2 Å². The average Bonchev–Trinajstić information content (AvgIpc) is 3.46. The van der Waals surface area contributed by atoms with Gasteiger partial charge in [-0.1, -0.05) is 365 Å². The lowest BCUT2D eigenvalue weighted by molar-refractivity contribution is -0.167. The van der Waals surface area contributed by atoms with Gasteiger partial charge in [0.2, 0.25) is 0 Å². The second-order valence-corrected chi connectivity index (χ2v) is 24.5. The van der Waals surface area contributed by atoms with Crippen LogP contribution in [0.25, 0.3) is 0 Å². The Morgan fingerprint density at radius 2 is 0.481 bits per heavy atom. The van der Waals surface area contributed by atoms with Crippen LogP contribution in [0.4, 0.5) is 0 Å². The smallest absolute Gasteiger partial charge is 0.306 e. The number of unbranched alkanes of at least 4 members (excludes halogenated alkanes) is 48. The summed E-state index contributed by atoms with van der Waals surface area (Å²) in [6.45, 7) is 6.58. The van der Waals surface area contributed by atoms with E-state index in [-0.39, 0.29) is 31.1 Å². The molecule has 0 aromatic carbocycles. The molecule has 1 atom stereocenters. The summed E-state index contributed by atoms with van der Waals surface area (Å²) in [5, 5.41) is 0. The maximum Gasteiger partial charge on any atom is 0.306 e. The van der Waals surface area contributed by atoms with Crippen molar-refractivity contribution in [3.8, 4) is 0 Å². The van der Waals surface area contributed by atoms with Crippen LogP contribution < -0.4 is 0 Å². The van der Waals surface area contributed by atoms with Crippen molar-refractivity contribution in [2.45, 2.75) is 399 Å². The molecule has 474 valence electrons. The number of ether oxygens (including phenoxy) is 3. The lowest BCUT2D eigenvalue weighted by Crippen LogP contribution is -2.30. The summed E-state index contributed by atoms with van der Waals surface area (Å²) in [7, 11) is 0. The third-order valence-corrected chi connectivity index (χ3v) is 16.3. The maximum atomic E-state index is 12.9. The van der Waals surface area contributed by atoms with E-state index >= 15 is 0 Å². The molecule has 0 radical (unpaired) electrons. The molecule has 0 rings (SSSR count). The third kappa shape index (κ3) is 68.0. The second-order valence-electron chi connectivity index (χ2n) is 24.5. The van der Waals surface area contributed by atoms with Crippen molar-refractivity contribution >= 4 is 17.9 Å². The van der Waals surface area contributed by atoms with E-state index in [1.54, 1.807) is 0 Å². The van der Waals surface area contributed by atoms with Crippen LogP contribution in [0.1, 0.15) is 393 Å². The number of carbonyl (C=O) groups excluding carboxylic acids is 3. The molecule has 0 saturated carbocycles. The molecule has 6 nitrogen and oxygen atoms in total. The topological polar surface area (TPSA) is 78.9 Å². The van der Waals surface area contributed by atoms with Crippen molar-refractivity contribution in [2.75, 3.05) is 13.2 Å². The predicted molar refractivity (Wildman–Crippen MR) is 353 cm³/mol. The second kappa shape index (κ2) is 69.9. The molecule has 0 N–H and O–H groups in total. The Kier molecular flexibility index (Phi) is 67.6. The highest BCUT2D eigenvalue weighted by Crippen LogP contribution is 2.19. The first-order chi connectivity index (χ1) is 40.0. The molecular formula is C75H138O6. The Morgan fingerprint density at radius 1 is 0.259 bits per heavy atom. The third-order valence-electron chi connectivity index (χ3n) is 16.3. The van der Waals surface area contributed by atoms with Gasteiger partial charge in [-0.2, -0.15) is 0 Å². The zero-order valence-electron chi connectivity index (χ0n) is 54.6. The van der Waals surface area contributed by atoms with E-state index in [0.29, 0.717) is 19.3 Å². The highest BCUT2D eigenvalue weighted by molar-refractivity contribution is 5.71. The molecule has 0 amide bonds. The van der Waals surface area contributed by atoms with Crippen molar-refractivity contribution in [3.63, 3.8) is 0 Å². The molecule has 0 aliphatic rings. The van der Waals surface area contributed by atoms with Gasteiger partial charge in [-0.05, 0) is 57.8 Å². The number of esters is 3. The van der Waals surface area contributed by atoms with Gasteiger partial charge in [-0.25, -0.2) is 0 Å². The molecule has 81 heavy (non-hydrogen) atoms. The van der Waals surface area contributed by atoms with Crippen molar-refractivity contribution in [1.82, 2.24) is 0 Å². The molecule has 0 heterocycles. The summed E-state index contributed by atoms with van der Waals surface area (Å²) in [5.41, 5.74) is 0. The Hall–Kier alpha value is -2.63. The predicted octanol–water partition coefficient (Wildman–Crippen LogP) is 24.9. The zero-order valence-corrected chi connectivity index (χ0v) is 54.6. The van der Waals surface area contributed by atoms with Gasteiger partial charge < -0.3 is 14.2 Å². The van der Waals surface area contributed by atoms with Gasteiger partial charge in [-0.15, -0.1) is 0 Å². The summed E-state index contributed by atoms with van der Waals surface area (Å²) in [5.74, 6) is -0.861. The summed E-state index contributed by atoms with van der Waals surface area (Å²) in [6, 6.07) is 0. The van der Waals surface area contributed by atoms with Crippen LogP contribution in [0.3, 0.4) is 0 Å². The molecule has 0 aliphatic heterocycles. The average molecular weight is 1140 g/mol. The molecule has 1 unspecified atom stereocenters. The van der Waals surface area contributed by atoms with Gasteiger partial charge in [0.25, 0.3) is 0 Å². The SMILES string of the molecule is CC/C=C\C/C=C\C/C=C\C/C=C\CCCCCCCCC(=O)OC(COC(=O)CCCCCCCCCCCCCCC)COC(=O)CCCCCCCCCCCCCCCCCCCCCCCCCCCCCCCCC. The number of rotatable bonds is 67. The fourth-order valence-electron chi connectivity index (χ4n) is 11.0. The largest absolute Gasteiger partial charge is 0.462 e. The molecule has 6 heteroatoms. The summed E-state index contributed by atoms with van der Waals surface area (Å²) in [4.78, 5) is 38.4. The Balaban J connectivity index is 4.16. The van der Waals surface area contributed by atoms with Gasteiger partial charge in [-0.3, -0.25) is 14.4 Å². The Labute approximate surface area is 505 Å². The first-order valence-corrected chi connectivity index (χ1v) is 36.1. The van der Waals surface area contributed by atoms with Gasteiger partial charge in [0.15, 0.2) is 6.10 Å². The van der Waals surface area contributed by atoms with Crippen LogP contribution in [0, 0.1) is 0 Å². The van der Waals surface area contributed by atoms with Crippen LogP contribution in [0.15, 0.2) is 48.6 Å². The maximum absolute atomic E-state index is 12.9. The summed E-state index contributed by atoms with van der Waals surface area (Å²) in [6.07, 6.45) is 88.7. The van der Waals surface area contributed by atoms with Crippen molar-refractivity contribution in [3.05, 3.63) is 48.6 Å². The first kappa shape index (κ1) is 78.4. The van der Waals surface area contributed by atoms with E-state index in [1.807, 2.05) is 0 Å². The fourth-order valence-corrected chi connectivity index (χ4v) is 11.0. The van der Waals surface area contributed by atoms with Gasteiger partial charge in [0.05, 0.1) is 0 Å². The summed E-state index contributed by atoms with van der Waals surface area (Å²) < 4.78 is 17.0. The van der Waals surface area contributed by atoms with E-state index in [9.17, 15) is 14.4 Å². The van der Waals surface area contributed by atoms with Crippen LogP contribution >= 0.6 is 0 Å². The number of hydrogen-bond acceptors (Lipinski definition) is 6.